The summed E-state index contributed by atoms with van der Waals surface area (Å²) in [5.74, 6) is 0. The molecule has 1 N–H and O–H groups in total. The molecule has 1 heterocycles. The number of hydrogen-bond acceptors (Lipinski definition) is 4. The maximum Gasteiger partial charge on any atom is 1.00 e. The average molecular weight is 247 g/mol. The van der Waals surface area contributed by atoms with Gasteiger partial charge >= 0.3 is 59.1 Å². The summed E-state index contributed by atoms with van der Waals surface area (Å²) < 4.78 is 10.3. The first-order chi connectivity index (χ1) is 5.97. The third-order valence-electron chi connectivity index (χ3n) is 1.48. The number of aromatic nitrogens is 1. The Morgan fingerprint density at radius 3 is 2.33 bits per heavy atom. The van der Waals surface area contributed by atoms with E-state index in [1.807, 2.05) is 0 Å². The molecule has 0 aromatic carbocycles. The first-order valence-electron chi connectivity index (χ1n) is 3.67. The number of hydrogen-bond donors (Lipinski definition) is 1. The summed E-state index contributed by atoms with van der Waals surface area (Å²) in [6.45, 7) is 0. The van der Waals surface area contributed by atoms with Crippen molar-refractivity contribution in [2.24, 2.45) is 0 Å². The van der Waals surface area contributed by atoms with Gasteiger partial charge in [-0.25, -0.2) is 0 Å². The SMILES string of the molecule is O=c1cccc(CCP(=O)([O-])[O-])[nH]1.[Na+].[Na+]. The van der Waals surface area contributed by atoms with Crippen LogP contribution in [0.3, 0.4) is 0 Å². The van der Waals surface area contributed by atoms with Gasteiger partial charge in [-0.15, -0.1) is 0 Å². The van der Waals surface area contributed by atoms with Crippen molar-refractivity contribution in [3.05, 3.63) is 34.2 Å². The Bertz CT molecular complexity index is 389. The van der Waals surface area contributed by atoms with E-state index in [9.17, 15) is 19.1 Å². The monoisotopic (exact) mass is 247 g/mol. The van der Waals surface area contributed by atoms with E-state index in [0.717, 1.165) is 0 Å². The summed E-state index contributed by atoms with van der Waals surface area (Å²) in [5, 5.41) is 0. The molecule has 0 atom stereocenters. The van der Waals surface area contributed by atoms with Crippen LogP contribution >= 0.6 is 7.60 Å². The van der Waals surface area contributed by atoms with Gasteiger partial charge in [0, 0.05) is 11.8 Å². The predicted octanol–water partition coefficient (Wildman–Crippen LogP) is -7.16. The second-order valence-electron chi connectivity index (χ2n) is 2.62. The second-order valence-corrected chi connectivity index (χ2v) is 4.29. The standard InChI is InChI=1S/C7H10NO4P.2Na/c9-7-3-1-2-6(8-7)4-5-13(10,11)12;;/h1-3H,4-5H2,(H,8,9)(H2,10,11,12);;/q;2*+1/p-2. The molecule has 0 saturated carbocycles. The molecular formula is C7H8NNa2O4P. The summed E-state index contributed by atoms with van der Waals surface area (Å²) in [5.41, 5.74) is 0.156. The Kier molecular flexibility index (Phi) is 10.1. The van der Waals surface area contributed by atoms with Crippen LogP contribution in [-0.2, 0) is 11.0 Å². The molecule has 0 bridgehead atoms. The van der Waals surface area contributed by atoms with Crippen molar-refractivity contribution in [2.75, 3.05) is 6.16 Å². The van der Waals surface area contributed by atoms with Crippen LogP contribution < -0.4 is 74.5 Å². The molecule has 0 aliphatic heterocycles. The van der Waals surface area contributed by atoms with Crippen LogP contribution in [0.5, 0.6) is 0 Å². The zero-order chi connectivity index (χ0) is 9.90. The van der Waals surface area contributed by atoms with Gasteiger partial charge in [-0.1, -0.05) is 13.7 Å². The maximum absolute atomic E-state index is 10.7. The van der Waals surface area contributed by atoms with E-state index < -0.39 is 13.8 Å². The van der Waals surface area contributed by atoms with E-state index in [1.54, 1.807) is 6.07 Å². The van der Waals surface area contributed by atoms with E-state index in [-0.39, 0.29) is 71.1 Å². The summed E-state index contributed by atoms with van der Waals surface area (Å²) in [6.07, 6.45) is -0.409. The molecule has 0 unspecified atom stereocenters. The van der Waals surface area contributed by atoms with Crippen LogP contribution in [0.1, 0.15) is 5.69 Å². The van der Waals surface area contributed by atoms with Crippen molar-refractivity contribution in [3.63, 3.8) is 0 Å². The first kappa shape index (κ1) is 18.5. The van der Waals surface area contributed by atoms with Crippen molar-refractivity contribution in [1.82, 2.24) is 4.98 Å². The molecule has 0 aliphatic carbocycles. The Hall–Kier alpha value is 1.10. The number of H-pyrrole nitrogens is 1. The van der Waals surface area contributed by atoms with E-state index >= 15 is 0 Å². The van der Waals surface area contributed by atoms with Crippen LogP contribution in [0.2, 0.25) is 0 Å². The fraction of sp³-hybridized carbons (Fsp3) is 0.286. The molecule has 0 aliphatic rings. The van der Waals surface area contributed by atoms with Crippen molar-refractivity contribution < 1.29 is 73.5 Å². The van der Waals surface area contributed by atoms with Gasteiger partial charge < -0.3 is 19.3 Å². The molecule has 0 spiro atoms. The topological polar surface area (TPSA) is 96.1 Å². The third kappa shape index (κ3) is 8.86. The van der Waals surface area contributed by atoms with Gasteiger partial charge in [0.1, 0.15) is 0 Å². The number of rotatable bonds is 3. The molecule has 0 amide bonds. The van der Waals surface area contributed by atoms with E-state index in [1.165, 1.54) is 12.1 Å². The average Bonchev–Trinajstić information content (AvgIpc) is 2.00. The molecular weight excluding hydrogens is 239 g/mol. The minimum absolute atomic E-state index is 0. The minimum Gasteiger partial charge on any atom is -0.811 e. The largest absolute Gasteiger partial charge is 1.00 e. The quantitative estimate of drug-likeness (QED) is 0.424. The summed E-state index contributed by atoms with van der Waals surface area (Å²) >= 11 is 0. The zero-order valence-corrected chi connectivity index (χ0v) is 13.6. The van der Waals surface area contributed by atoms with E-state index in [2.05, 4.69) is 4.98 Å². The molecule has 15 heavy (non-hydrogen) atoms. The molecule has 1 aromatic rings. The predicted molar refractivity (Wildman–Crippen MR) is 43.2 cm³/mol. The van der Waals surface area contributed by atoms with Gasteiger partial charge in [0.2, 0.25) is 5.56 Å². The van der Waals surface area contributed by atoms with E-state index in [0.29, 0.717) is 5.69 Å². The van der Waals surface area contributed by atoms with Gasteiger partial charge in [0.25, 0.3) is 0 Å². The number of nitrogens with one attached hydrogen (secondary N) is 1. The van der Waals surface area contributed by atoms with Crippen LogP contribution in [-0.4, -0.2) is 11.1 Å². The Labute approximate surface area is 131 Å². The fourth-order valence-corrected chi connectivity index (χ4v) is 1.41. The molecule has 1 aromatic heterocycles. The molecule has 0 saturated heterocycles. The number of pyridine rings is 1. The Balaban J connectivity index is 0. The minimum atomic E-state index is -4.47. The van der Waals surface area contributed by atoms with Crippen molar-refractivity contribution >= 4 is 7.60 Å². The Morgan fingerprint density at radius 2 is 1.87 bits per heavy atom. The second kappa shape index (κ2) is 8.23. The fourth-order valence-electron chi connectivity index (χ4n) is 0.896. The summed E-state index contributed by atoms with van der Waals surface area (Å²) in [4.78, 5) is 33.7. The van der Waals surface area contributed by atoms with Crippen LogP contribution in [0.15, 0.2) is 23.0 Å². The van der Waals surface area contributed by atoms with Crippen LogP contribution in [0.25, 0.3) is 0 Å². The van der Waals surface area contributed by atoms with Gasteiger partial charge in [0.05, 0.1) is 0 Å². The number of aromatic amines is 1. The molecule has 72 valence electrons. The zero-order valence-electron chi connectivity index (χ0n) is 8.73. The first-order valence-corrected chi connectivity index (χ1v) is 5.39. The van der Waals surface area contributed by atoms with Crippen molar-refractivity contribution in [3.8, 4) is 0 Å². The smallest absolute Gasteiger partial charge is 0.811 e. The van der Waals surface area contributed by atoms with Crippen molar-refractivity contribution in [2.45, 2.75) is 6.42 Å². The molecule has 0 fully saturated rings. The maximum atomic E-state index is 10.7. The summed E-state index contributed by atoms with van der Waals surface area (Å²) in [7, 11) is -4.47. The van der Waals surface area contributed by atoms with Gasteiger partial charge in [-0.3, -0.25) is 4.79 Å². The van der Waals surface area contributed by atoms with Crippen molar-refractivity contribution in [1.29, 1.82) is 0 Å². The van der Waals surface area contributed by atoms with Crippen LogP contribution in [0, 0.1) is 0 Å². The third-order valence-corrected chi connectivity index (χ3v) is 2.26. The van der Waals surface area contributed by atoms with Crippen LogP contribution in [0.4, 0.5) is 0 Å². The molecule has 8 heteroatoms. The molecule has 0 radical (unpaired) electrons. The van der Waals surface area contributed by atoms with Gasteiger partial charge in [-0.05, 0) is 18.6 Å². The number of aryl methyl sites for hydroxylation is 1. The normalized spacial score (nSPS) is 10.0. The Morgan fingerprint density at radius 1 is 1.27 bits per heavy atom. The summed E-state index contributed by atoms with van der Waals surface area (Å²) in [6, 6.07) is 4.39. The van der Waals surface area contributed by atoms with E-state index in [4.69, 9.17) is 0 Å². The molecule has 5 nitrogen and oxygen atoms in total. The van der Waals surface area contributed by atoms with Gasteiger partial charge in [0.15, 0.2) is 0 Å². The molecule has 1 rings (SSSR count). The van der Waals surface area contributed by atoms with Gasteiger partial charge in [-0.2, -0.15) is 0 Å².